The molecule has 3 heterocycles. The second-order valence-corrected chi connectivity index (χ2v) is 11.7. The lowest BCUT2D eigenvalue weighted by atomic mass is 9.70. The Kier molecular flexibility index (Phi) is 7.06. The minimum absolute atomic E-state index is 0.0335. The number of aryl methyl sites for hydroxylation is 1. The van der Waals surface area contributed by atoms with Crippen LogP contribution in [0.5, 0.6) is 17.2 Å². The second-order valence-electron chi connectivity index (χ2n) is 10.3. The van der Waals surface area contributed by atoms with Crippen molar-refractivity contribution in [2.24, 2.45) is 5.92 Å². The van der Waals surface area contributed by atoms with Gasteiger partial charge < -0.3 is 23.9 Å². The first-order valence-electron chi connectivity index (χ1n) is 13.3. The maximum absolute atomic E-state index is 14.6. The maximum atomic E-state index is 14.6. The van der Waals surface area contributed by atoms with Crippen molar-refractivity contribution in [3.63, 3.8) is 0 Å². The number of hydrogen-bond acceptors (Lipinski definition) is 9. The Morgan fingerprint density at radius 3 is 2.52 bits per heavy atom. The molecule has 1 aliphatic carbocycles. The molecule has 0 radical (unpaired) electrons. The van der Waals surface area contributed by atoms with Gasteiger partial charge in [0.25, 0.3) is 0 Å². The topological polar surface area (TPSA) is 117 Å². The number of nitrogens with zero attached hydrogens (tertiary/aromatic N) is 1. The first kappa shape index (κ1) is 28.0. The average Bonchev–Trinajstić information content (AvgIpc) is 3.66. The van der Waals surface area contributed by atoms with E-state index >= 15 is 0 Å². The van der Waals surface area contributed by atoms with Crippen molar-refractivity contribution in [2.45, 2.75) is 38.8 Å². The predicted octanol–water partition coefficient (Wildman–Crippen LogP) is 5.63. The van der Waals surface area contributed by atoms with Crippen LogP contribution in [0.1, 0.15) is 49.7 Å². The van der Waals surface area contributed by atoms with Crippen LogP contribution in [-0.4, -0.2) is 42.3 Å². The number of ketones is 2. The minimum atomic E-state index is -1.92. The van der Waals surface area contributed by atoms with Gasteiger partial charge in [-0.3, -0.25) is 14.4 Å². The Morgan fingerprint density at radius 2 is 1.86 bits per heavy atom. The molecule has 0 bridgehead atoms. The van der Waals surface area contributed by atoms with Crippen molar-refractivity contribution in [3.05, 3.63) is 80.0 Å². The zero-order valence-electron chi connectivity index (χ0n) is 23.3. The molecular formula is C31H27ClN2O7S. The van der Waals surface area contributed by atoms with Gasteiger partial charge in [0.15, 0.2) is 5.75 Å². The number of carbonyl (C=O) groups excluding carboxylic acids is 3. The number of hydrogen-bond donors (Lipinski definition) is 1. The predicted molar refractivity (Wildman–Crippen MR) is 156 cm³/mol. The summed E-state index contributed by atoms with van der Waals surface area (Å²) < 4.78 is 23.4. The number of aromatic nitrogens is 1. The first-order chi connectivity index (χ1) is 20.2. The summed E-state index contributed by atoms with van der Waals surface area (Å²) in [7, 11) is 2.85. The van der Waals surface area contributed by atoms with E-state index in [1.807, 2.05) is 42.6 Å². The maximum Gasteiger partial charge on any atom is 0.237 e. The summed E-state index contributed by atoms with van der Waals surface area (Å²) in [6, 6.07) is 10.7. The highest BCUT2D eigenvalue weighted by atomic mass is 35.5. The molecular weight excluding hydrogens is 580 g/mol. The van der Waals surface area contributed by atoms with Gasteiger partial charge in [0.2, 0.25) is 23.1 Å². The van der Waals surface area contributed by atoms with Gasteiger partial charge in [-0.15, -0.1) is 11.3 Å². The monoisotopic (exact) mass is 606 g/mol. The highest BCUT2D eigenvalue weighted by Crippen LogP contribution is 2.54. The first-order valence-corrected chi connectivity index (χ1v) is 14.6. The lowest BCUT2D eigenvalue weighted by Crippen LogP contribution is -2.56. The van der Waals surface area contributed by atoms with E-state index in [2.05, 4.69) is 10.3 Å². The van der Waals surface area contributed by atoms with Crippen molar-refractivity contribution in [1.82, 2.24) is 10.3 Å². The summed E-state index contributed by atoms with van der Waals surface area (Å²) in [5.41, 5.74) is 0.181. The molecule has 2 aliphatic rings. The molecule has 6 rings (SSSR count). The Balaban J connectivity index is 1.44. The van der Waals surface area contributed by atoms with E-state index < -0.39 is 23.1 Å². The zero-order valence-corrected chi connectivity index (χ0v) is 24.9. The summed E-state index contributed by atoms with van der Waals surface area (Å²) in [4.78, 5) is 46.4. The lowest BCUT2D eigenvalue weighted by Gasteiger charge is -2.35. The van der Waals surface area contributed by atoms with Gasteiger partial charge in [-0.05, 0) is 6.92 Å². The lowest BCUT2D eigenvalue weighted by molar-refractivity contribution is -0.120. The van der Waals surface area contributed by atoms with Crippen molar-refractivity contribution in [3.8, 4) is 28.6 Å². The number of benzene rings is 2. The van der Waals surface area contributed by atoms with Crippen LogP contribution < -0.4 is 19.5 Å². The molecule has 1 spiro atoms. The van der Waals surface area contributed by atoms with Crippen molar-refractivity contribution in [1.29, 1.82) is 0 Å². The third-order valence-corrected chi connectivity index (χ3v) is 8.94. The quantitative estimate of drug-likeness (QED) is 0.269. The fraction of sp³-hybridized carbons (Fsp3) is 0.290. The number of ether oxygens (including phenoxy) is 3. The van der Waals surface area contributed by atoms with E-state index in [0.29, 0.717) is 22.6 Å². The molecule has 0 saturated carbocycles. The molecule has 0 unspecified atom stereocenters. The Bertz CT molecular complexity index is 1750. The van der Waals surface area contributed by atoms with E-state index in [1.54, 1.807) is 6.92 Å². The van der Waals surface area contributed by atoms with Crippen LogP contribution in [0.2, 0.25) is 5.02 Å². The Labute approximate surface area is 250 Å². The Hall–Kier alpha value is -4.15. The molecule has 216 valence electrons. The molecule has 0 fully saturated rings. The van der Waals surface area contributed by atoms with Crippen LogP contribution in [0.4, 0.5) is 0 Å². The third-order valence-electron chi connectivity index (χ3n) is 7.76. The molecule has 4 aromatic rings. The van der Waals surface area contributed by atoms with Crippen LogP contribution in [-0.2, 0) is 24.2 Å². The van der Waals surface area contributed by atoms with Gasteiger partial charge in [-0.1, -0.05) is 48.9 Å². The second kappa shape index (κ2) is 10.6. The number of rotatable bonds is 7. The number of methoxy groups -OCH3 is 2. The molecule has 1 aliphatic heterocycles. The van der Waals surface area contributed by atoms with Crippen molar-refractivity contribution >= 4 is 40.4 Å². The molecule has 11 heteroatoms. The fourth-order valence-corrected chi connectivity index (χ4v) is 6.60. The number of amides is 1. The molecule has 2 aromatic carbocycles. The average molecular weight is 607 g/mol. The number of furan rings is 1. The van der Waals surface area contributed by atoms with Gasteiger partial charge in [0.05, 0.1) is 43.5 Å². The van der Waals surface area contributed by atoms with Crippen LogP contribution >= 0.6 is 22.9 Å². The van der Waals surface area contributed by atoms with E-state index in [4.69, 9.17) is 30.2 Å². The summed E-state index contributed by atoms with van der Waals surface area (Å²) in [6.45, 7) is 3.90. The minimum Gasteiger partial charge on any atom is -0.496 e. The van der Waals surface area contributed by atoms with E-state index in [1.165, 1.54) is 31.6 Å². The summed E-state index contributed by atoms with van der Waals surface area (Å²) in [6.07, 6.45) is 0.0683. The normalized spacial score (nSPS) is 18.9. The van der Waals surface area contributed by atoms with E-state index in [-0.39, 0.29) is 58.7 Å². The smallest absolute Gasteiger partial charge is 0.237 e. The largest absolute Gasteiger partial charge is 0.496 e. The van der Waals surface area contributed by atoms with Crippen molar-refractivity contribution in [2.75, 3.05) is 14.2 Å². The van der Waals surface area contributed by atoms with Gasteiger partial charge >= 0.3 is 0 Å². The third kappa shape index (κ3) is 4.28. The zero-order chi connectivity index (χ0) is 29.8. The number of thiazole rings is 1. The SMILES string of the molecule is COc1cc(OC)c2c(c1Cl)O[C@@]1(C(=O)c3c(oc(-c4ccccc4)c3CC(=O)NCc3csc(C)n3)C[C@H]1C)C2=O. The van der Waals surface area contributed by atoms with Gasteiger partial charge in [0, 0.05) is 34.9 Å². The molecule has 1 N–H and O–H groups in total. The summed E-state index contributed by atoms with van der Waals surface area (Å²) >= 11 is 8.07. The van der Waals surface area contributed by atoms with Crippen LogP contribution in [0.25, 0.3) is 11.3 Å². The Morgan fingerprint density at radius 1 is 1.14 bits per heavy atom. The van der Waals surface area contributed by atoms with Gasteiger partial charge in [0.1, 0.15) is 33.6 Å². The van der Waals surface area contributed by atoms with Crippen LogP contribution in [0.15, 0.2) is 46.2 Å². The van der Waals surface area contributed by atoms with E-state index in [0.717, 1.165) is 10.7 Å². The highest BCUT2D eigenvalue weighted by Gasteiger charge is 2.63. The van der Waals surface area contributed by atoms with Gasteiger partial charge in [-0.2, -0.15) is 0 Å². The number of nitrogens with one attached hydrogen (secondary N) is 1. The molecule has 42 heavy (non-hydrogen) atoms. The molecule has 2 aromatic heterocycles. The molecule has 1 amide bonds. The highest BCUT2D eigenvalue weighted by molar-refractivity contribution is 7.09. The standard InChI is InChI=1S/C31H27ClN2O7S/c1-15-10-21-24(29(36)31(15)30(37)25-20(38-3)12-22(39-4)26(32)28(25)41-31)19(27(40-21)17-8-6-5-7-9-17)11-23(35)33-13-18-14-42-16(2)34-18/h5-9,12,14-15H,10-11,13H2,1-4H3,(H,33,35)/t15-,31+/m1/s1. The molecule has 2 atom stereocenters. The van der Waals surface area contributed by atoms with Gasteiger partial charge in [-0.25, -0.2) is 4.98 Å². The number of halogens is 1. The van der Waals surface area contributed by atoms with Crippen LogP contribution in [0.3, 0.4) is 0 Å². The summed E-state index contributed by atoms with van der Waals surface area (Å²) in [5.74, 6) is -0.810. The number of fused-ring (bicyclic) bond motifs is 2. The van der Waals surface area contributed by atoms with E-state index in [9.17, 15) is 14.4 Å². The van der Waals surface area contributed by atoms with Crippen molar-refractivity contribution < 1.29 is 33.0 Å². The number of Topliss-reactive ketones (excluding diaryl/α,β-unsaturated/α-hetero) is 2. The fourth-order valence-electron chi connectivity index (χ4n) is 5.72. The van der Waals surface area contributed by atoms with Crippen LogP contribution in [0, 0.1) is 12.8 Å². The molecule has 9 nitrogen and oxygen atoms in total. The summed E-state index contributed by atoms with van der Waals surface area (Å²) in [5, 5.41) is 5.74. The molecule has 0 saturated heterocycles. The number of carbonyl (C=O) groups is 3.